The fourth-order valence-corrected chi connectivity index (χ4v) is 1.02. The highest BCUT2D eigenvalue weighted by Gasteiger charge is 2.43. The van der Waals surface area contributed by atoms with Gasteiger partial charge in [-0.15, -0.1) is 5.10 Å². The molecule has 1 aromatic rings. The number of hydrogen-bond acceptors (Lipinski definition) is 2. The summed E-state index contributed by atoms with van der Waals surface area (Å²) in [5.41, 5.74) is -2.02. The zero-order valence-electron chi connectivity index (χ0n) is 5.66. The first kappa shape index (κ1) is 10.9. The Morgan fingerprint density at radius 1 is 1.15 bits per heavy atom. The van der Waals surface area contributed by atoms with Crippen molar-refractivity contribution in [2.75, 3.05) is 0 Å². The van der Waals surface area contributed by atoms with Crippen molar-refractivity contribution < 1.29 is 13.2 Å². The Morgan fingerprint density at radius 2 is 1.69 bits per heavy atom. The van der Waals surface area contributed by atoms with Crippen LogP contribution in [0.3, 0.4) is 0 Å². The minimum atomic E-state index is -4.66. The molecule has 1 rings (SSSR count). The van der Waals surface area contributed by atoms with E-state index in [0.29, 0.717) is 0 Å². The molecule has 0 bridgehead atoms. The molecule has 0 spiro atoms. The van der Waals surface area contributed by atoms with Crippen LogP contribution in [0.4, 0.5) is 13.2 Å². The van der Waals surface area contributed by atoms with Crippen molar-refractivity contribution in [2.24, 2.45) is 0 Å². The van der Waals surface area contributed by atoms with E-state index in [2.05, 4.69) is 10.3 Å². The first-order chi connectivity index (χ1) is 5.73. The van der Waals surface area contributed by atoms with Gasteiger partial charge in [-0.05, 0) is 0 Å². The number of rotatable bonds is 0. The maximum atomic E-state index is 12.1. The number of halogens is 6. The quantitative estimate of drug-likeness (QED) is 0.723. The van der Waals surface area contributed by atoms with E-state index in [0.717, 1.165) is 0 Å². The number of aromatic nitrogens is 3. The first-order valence-corrected chi connectivity index (χ1v) is 3.92. The highest BCUT2D eigenvalue weighted by Crippen LogP contribution is 2.42. The lowest BCUT2D eigenvalue weighted by atomic mass is 10.3. The SMILES string of the molecule is FC(F)(F)c1[nH]nnc1C(Cl)(Cl)Cl. The van der Waals surface area contributed by atoms with E-state index in [4.69, 9.17) is 34.8 Å². The predicted octanol–water partition coefficient (Wildman–Crippen LogP) is 2.65. The van der Waals surface area contributed by atoms with E-state index in [1.54, 1.807) is 5.10 Å². The third-order valence-electron chi connectivity index (χ3n) is 1.10. The molecular weight excluding hydrogens is 253 g/mol. The Bertz CT molecular complexity index is 273. The monoisotopic (exact) mass is 253 g/mol. The highest BCUT2D eigenvalue weighted by molar-refractivity contribution is 6.66. The lowest BCUT2D eigenvalue weighted by Crippen LogP contribution is -2.14. The number of hydrogen-bond donors (Lipinski definition) is 1. The standard InChI is InChI=1S/C4HCl3F3N3/c5-3(6,7)1-2(4(8,9)10)12-13-11-1/h(H,11,12,13). The molecule has 0 aliphatic rings. The predicted molar refractivity (Wildman–Crippen MR) is 40.6 cm³/mol. The molecule has 0 saturated heterocycles. The normalized spacial score (nSPS) is 13.4. The summed E-state index contributed by atoms with van der Waals surface area (Å²) in [6.07, 6.45) is -4.66. The summed E-state index contributed by atoms with van der Waals surface area (Å²) < 4.78 is 34.1. The zero-order valence-corrected chi connectivity index (χ0v) is 7.93. The zero-order chi connectivity index (χ0) is 10.3. The second-order valence-corrected chi connectivity index (χ2v) is 4.31. The van der Waals surface area contributed by atoms with E-state index in [1.165, 1.54) is 0 Å². The van der Waals surface area contributed by atoms with Crippen LogP contribution in [0.1, 0.15) is 11.4 Å². The molecule has 0 unspecified atom stereocenters. The van der Waals surface area contributed by atoms with Crippen LogP contribution in [0.5, 0.6) is 0 Å². The average Bonchev–Trinajstić information content (AvgIpc) is 2.27. The van der Waals surface area contributed by atoms with E-state index in [1.807, 2.05) is 0 Å². The maximum Gasteiger partial charge on any atom is 0.434 e. The molecule has 9 heteroatoms. The van der Waals surface area contributed by atoms with Gasteiger partial charge in [-0.2, -0.15) is 13.2 Å². The molecule has 0 aromatic carbocycles. The molecule has 1 heterocycles. The first-order valence-electron chi connectivity index (χ1n) is 2.78. The summed E-state index contributed by atoms with van der Waals surface area (Å²) >= 11 is 15.7. The summed E-state index contributed by atoms with van der Waals surface area (Å²) in [7, 11) is 0. The van der Waals surface area contributed by atoms with Gasteiger partial charge in [0.05, 0.1) is 0 Å². The Kier molecular flexibility index (Phi) is 2.66. The van der Waals surface area contributed by atoms with Crippen molar-refractivity contribution in [1.82, 2.24) is 15.4 Å². The van der Waals surface area contributed by atoms with Gasteiger partial charge in [-0.1, -0.05) is 40.0 Å². The number of alkyl halides is 6. The second kappa shape index (κ2) is 3.18. The van der Waals surface area contributed by atoms with Crippen LogP contribution in [0.2, 0.25) is 0 Å². The van der Waals surface area contributed by atoms with Crippen molar-refractivity contribution >= 4 is 34.8 Å². The van der Waals surface area contributed by atoms with E-state index < -0.39 is 21.4 Å². The van der Waals surface area contributed by atoms with Gasteiger partial charge in [-0.25, -0.2) is 0 Å². The van der Waals surface area contributed by atoms with Gasteiger partial charge in [-0.3, -0.25) is 5.10 Å². The molecule has 3 nitrogen and oxygen atoms in total. The van der Waals surface area contributed by atoms with Crippen molar-refractivity contribution in [3.63, 3.8) is 0 Å². The lowest BCUT2D eigenvalue weighted by Gasteiger charge is -2.10. The van der Waals surface area contributed by atoms with Gasteiger partial charge in [0.25, 0.3) is 0 Å². The van der Waals surface area contributed by atoms with Crippen LogP contribution in [-0.4, -0.2) is 15.4 Å². The van der Waals surface area contributed by atoms with Crippen molar-refractivity contribution in [1.29, 1.82) is 0 Å². The van der Waals surface area contributed by atoms with Crippen LogP contribution in [0.25, 0.3) is 0 Å². The van der Waals surface area contributed by atoms with Gasteiger partial charge < -0.3 is 0 Å². The summed E-state index contributed by atoms with van der Waals surface area (Å²) in [4.78, 5) is 0. The smallest absolute Gasteiger partial charge is 0.253 e. The molecule has 0 amide bonds. The van der Waals surface area contributed by atoms with Crippen molar-refractivity contribution in [3.8, 4) is 0 Å². The molecule has 0 radical (unpaired) electrons. The summed E-state index contributed by atoms with van der Waals surface area (Å²) in [5, 5.41) is 7.55. The summed E-state index contributed by atoms with van der Waals surface area (Å²) in [5.74, 6) is 0. The molecular formula is C4HCl3F3N3. The molecule has 0 aliphatic heterocycles. The van der Waals surface area contributed by atoms with Crippen LogP contribution in [0.15, 0.2) is 0 Å². The minimum absolute atomic E-state index is 0.759. The molecule has 13 heavy (non-hydrogen) atoms. The van der Waals surface area contributed by atoms with E-state index in [-0.39, 0.29) is 0 Å². The third kappa shape index (κ3) is 2.38. The molecule has 0 atom stereocenters. The molecule has 1 N–H and O–H groups in total. The average molecular weight is 254 g/mol. The molecule has 0 aliphatic carbocycles. The number of nitrogens with zero attached hydrogens (tertiary/aromatic N) is 2. The summed E-state index contributed by atoms with van der Waals surface area (Å²) in [6, 6.07) is 0. The van der Waals surface area contributed by atoms with Crippen molar-refractivity contribution in [2.45, 2.75) is 9.97 Å². The molecule has 1 aromatic heterocycles. The van der Waals surface area contributed by atoms with Gasteiger partial charge in [0.1, 0.15) is 5.69 Å². The van der Waals surface area contributed by atoms with Crippen molar-refractivity contribution in [3.05, 3.63) is 11.4 Å². The Labute approximate surface area is 85.2 Å². The van der Waals surface area contributed by atoms with Crippen LogP contribution in [0, 0.1) is 0 Å². The second-order valence-electron chi connectivity index (χ2n) is 2.03. The molecule has 74 valence electrons. The Hall–Kier alpha value is -0.200. The summed E-state index contributed by atoms with van der Waals surface area (Å²) in [6.45, 7) is 0. The van der Waals surface area contributed by atoms with E-state index >= 15 is 0 Å². The van der Waals surface area contributed by atoms with E-state index in [9.17, 15) is 13.2 Å². The minimum Gasteiger partial charge on any atom is -0.253 e. The largest absolute Gasteiger partial charge is 0.434 e. The number of aromatic amines is 1. The lowest BCUT2D eigenvalue weighted by molar-refractivity contribution is -0.141. The van der Waals surface area contributed by atoms with Crippen LogP contribution < -0.4 is 0 Å². The highest BCUT2D eigenvalue weighted by atomic mass is 35.6. The molecule has 0 saturated carbocycles. The maximum absolute atomic E-state index is 12.1. The van der Waals surface area contributed by atoms with Crippen LogP contribution >= 0.6 is 34.8 Å². The van der Waals surface area contributed by atoms with Gasteiger partial charge >= 0.3 is 6.18 Å². The Balaban J connectivity index is 3.19. The number of nitrogens with one attached hydrogen (secondary N) is 1. The topological polar surface area (TPSA) is 41.6 Å². The van der Waals surface area contributed by atoms with Crippen LogP contribution in [-0.2, 0) is 9.97 Å². The third-order valence-corrected chi connectivity index (χ3v) is 1.64. The Morgan fingerprint density at radius 3 is 2.00 bits per heavy atom. The van der Waals surface area contributed by atoms with Gasteiger partial charge in [0.15, 0.2) is 5.69 Å². The number of H-pyrrole nitrogens is 1. The van der Waals surface area contributed by atoms with Gasteiger partial charge in [0, 0.05) is 0 Å². The fraction of sp³-hybridized carbons (Fsp3) is 0.500. The van der Waals surface area contributed by atoms with Gasteiger partial charge in [0.2, 0.25) is 3.79 Å². The molecule has 0 fully saturated rings. The fourth-order valence-electron chi connectivity index (χ4n) is 0.624.